The Balaban J connectivity index is 1.14. The van der Waals surface area contributed by atoms with Crippen LogP contribution >= 0.6 is 0 Å². The molecule has 0 aliphatic heterocycles. The molecule has 8 aromatic carbocycles. The molecule has 274 valence electrons. The summed E-state index contributed by atoms with van der Waals surface area (Å²) >= 11 is 0. The maximum Gasteiger partial charge on any atom is 0.144 e. The van der Waals surface area contributed by atoms with Crippen LogP contribution in [0.15, 0.2) is 205 Å². The van der Waals surface area contributed by atoms with Crippen LogP contribution in [0.5, 0.6) is 0 Å². The topological polar surface area (TPSA) is 51.8 Å². The molecule has 12 aromatic rings. The van der Waals surface area contributed by atoms with Crippen molar-refractivity contribution < 1.29 is 4.42 Å². The average Bonchev–Trinajstić information content (AvgIpc) is 3.70. The van der Waals surface area contributed by atoms with E-state index in [4.69, 9.17) is 9.40 Å². The number of furan rings is 1. The highest BCUT2D eigenvalue weighted by atomic mass is 16.3. The molecule has 0 spiro atoms. The minimum atomic E-state index is 0.884. The molecule has 4 heteroatoms. The van der Waals surface area contributed by atoms with E-state index in [-0.39, 0.29) is 0 Å². The third-order valence-electron chi connectivity index (χ3n) is 11.8. The van der Waals surface area contributed by atoms with Gasteiger partial charge in [0.05, 0.1) is 11.2 Å². The fourth-order valence-corrected chi connectivity index (χ4v) is 9.16. The third-order valence-corrected chi connectivity index (χ3v) is 11.8. The van der Waals surface area contributed by atoms with Gasteiger partial charge in [-0.25, -0.2) is 4.98 Å². The second-order valence-electron chi connectivity index (χ2n) is 15.1. The van der Waals surface area contributed by atoms with Crippen LogP contribution in [-0.2, 0) is 0 Å². The van der Waals surface area contributed by atoms with Crippen LogP contribution in [0.25, 0.3) is 121 Å². The fourth-order valence-electron chi connectivity index (χ4n) is 9.16. The maximum absolute atomic E-state index is 6.69. The van der Waals surface area contributed by atoms with E-state index in [0.717, 1.165) is 88.3 Å². The van der Waals surface area contributed by atoms with Crippen molar-refractivity contribution in [2.24, 2.45) is 0 Å². The van der Waals surface area contributed by atoms with Crippen LogP contribution in [0.3, 0.4) is 0 Å². The van der Waals surface area contributed by atoms with Crippen LogP contribution in [0.1, 0.15) is 0 Å². The smallest absolute Gasteiger partial charge is 0.144 e. The minimum Gasteiger partial charge on any atom is -0.455 e. The lowest BCUT2D eigenvalue weighted by Crippen LogP contribution is -1.94. The van der Waals surface area contributed by atoms with E-state index >= 15 is 0 Å². The molecule has 0 unspecified atom stereocenters. The van der Waals surface area contributed by atoms with E-state index in [1.807, 2.05) is 43.0 Å². The fraction of sp³-hybridized carbons (Fsp3) is 0. The molecular weight excluding hydrogens is 719 g/mol. The Morgan fingerprint density at radius 2 is 0.864 bits per heavy atom. The standard InChI is InChI=1S/C55H33N3O/c1-2-12-34(13-3-1)54-48-25-24-46-41-16-8-9-21-50(41)59-55(46)53(48)47-23-22-35(31-49(47)58-54)51-42-17-4-6-19-44(42)52(45-20-7-5-18-43(45)51)40-29-38(36-14-10-26-56-32-36)28-39(30-40)37-15-11-27-57-33-37/h1-33H. The monoisotopic (exact) mass is 751 g/mol. The van der Waals surface area contributed by atoms with Gasteiger partial charge in [0.15, 0.2) is 0 Å². The summed E-state index contributed by atoms with van der Waals surface area (Å²) in [6.45, 7) is 0. The molecule has 0 N–H and O–H groups in total. The molecule has 0 bridgehead atoms. The summed E-state index contributed by atoms with van der Waals surface area (Å²) in [4.78, 5) is 14.4. The summed E-state index contributed by atoms with van der Waals surface area (Å²) in [7, 11) is 0. The number of hydrogen-bond acceptors (Lipinski definition) is 4. The van der Waals surface area contributed by atoms with Crippen LogP contribution < -0.4 is 0 Å². The van der Waals surface area contributed by atoms with Gasteiger partial charge in [-0.2, -0.15) is 0 Å². The number of pyridine rings is 3. The number of aromatic nitrogens is 3. The first-order chi connectivity index (χ1) is 29.3. The van der Waals surface area contributed by atoms with Crippen molar-refractivity contribution in [2.45, 2.75) is 0 Å². The largest absolute Gasteiger partial charge is 0.455 e. The van der Waals surface area contributed by atoms with Crippen molar-refractivity contribution in [3.8, 4) is 55.8 Å². The van der Waals surface area contributed by atoms with Gasteiger partial charge in [0.25, 0.3) is 0 Å². The number of nitrogens with zero attached hydrogens (tertiary/aromatic N) is 3. The lowest BCUT2D eigenvalue weighted by atomic mass is 9.84. The Morgan fingerprint density at radius 1 is 0.339 bits per heavy atom. The van der Waals surface area contributed by atoms with Gasteiger partial charge in [-0.1, -0.05) is 127 Å². The summed E-state index contributed by atoms with van der Waals surface area (Å²) < 4.78 is 6.69. The number of rotatable bonds is 5. The summed E-state index contributed by atoms with van der Waals surface area (Å²) in [5, 5.41) is 10.2. The second-order valence-corrected chi connectivity index (χ2v) is 15.1. The summed E-state index contributed by atoms with van der Waals surface area (Å²) in [5.41, 5.74) is 13.7. The molecule has 0 fully saturated rings. The van der Waals surface area contributed by atoms with Crippen molar-refractivity contribution in [1.29, 1.82) is 0 Å². The summed E-state index contributed by atoms with van der Waals surface area (Å²) in [6.07, 6.45) is 7.51. The molecular formula is C55H33N3O. The van der Waals surface area contributed by atoms with Gasteiger partial charge in [0.1, 0.15) is 11.2 Å². The third kappa shape index (κ3) is 5.34. The zero-order valence-electron chi connectivity index (χ0n) is 31.8. The van der Waals surface area contributed by atoms with Gasteiger partial charge < -0.3 is 4.42 Å². The van der Waals surface area contributed by atoms with E-state index < -0.39 is 0 Å². The Kier molecular flexibility index (Phi) is 7.50. The van der Waals surface area contributed by atoms with Crippen LogP contribution in [0, 0.1) is 0 Å². The van der Waals surface area contributed by atoms with Crippen molar-refractivity contribution in [3.05, 3.63) is 201 Å². The molecule has 0 amide bonds. The summed E-state index contributed by atoms with van der Waals surface area (Å²) in [6, 6.07) is 62.7. The molecule has 4 heterocycles. The Morgan fingerprint density at radius 3 is 1.49 bits per heavy atom. The molecule has 0 aliphatic rings. The predicted molar refractivity (Wildman–Crippen MR) is 244 cm³/mol. The lowest BCUT2D eigenvalue weighted by molar-refractivity contribution is 0.673. The number of para-hydroxylation sites is 1. The number of fused-ring (bicyclic) bond motifs is 9. The quantitative estimate of drug-likeness (QED) is 0.130. The van der Waals surface area contributed by atoms with Crippen LogP contribution in [-0.4, -0.2) is 15.0 Å². The lowest BCUT2D eigenvalue weighted by Gasteiger charge is -2.19. The number of hydrogen-bond donors (Lipinski definition) is 0. The van der Waals surface area contributed by atoms with Gasteiger partial charge in [0.2, 0.25) is 0 Å². The SMILES string of the molecule is c1ccc(-c2nc3cc(-c4c5ccccc5c(-c5cc(-c6cccnc6)cc(-c6cccnc6)c5)c5ccccc45)ccc3c3c2ccc2c4ccccc4oc23)cc1. The first kappa shape index (κ1) is 33.2. The average molecular weight is 752 g/mol. The Hall–Kier alpha value is -7.95. The maximum atomic E-state index is 6.69. The molecule has 0 aliphatic carbocycles. The van der Waals surface area contributed by atoms with Crippen LogP contribution in [0.2, 0.25) is 0 Å². The van der Waals surface area contributed by atoms with Gasteiger partial charge in [-0.15, -0.1) is 0 Å². The van der Waals surface area contributed by atoms with E-state index in [9.17, 15) is 0 Å². The van der Waals surface area contributed by atoms with Crippen molar-refractivity contribution in [1.82, 2.24) is 15.0 Å². The number of benzene rings is 8. The zero-order chi connectivity index (χ0) is 38.9. The molecule has 0 atom stereocenters. The van der Waals surface area contributed by atoms with Crippen molar-refractivity contribution in [2.75, 3.05) is 0 Å². The molecule has 0 saturated carbocycles. The Labute approximate surface area is 339 Å². The van der Waals surface area contributed by atoms with Crippen LogP contribution in [0.4, 0.5) is 0 Å². The minimum absolute atomic E-state index is 0.884. The van der Waals surface area contributed by atoms with Gasteiger partial charge in [-0.05, 0) is 103 Å². The van der Waals surface area contributed by atoms with Crippen molar-refractivity contribution >= 4 is 65.2 Å². The van der Waals surface area contributed by atoms with E-state index in [0.29, 0.717) is 0 Å². The van der Waals surface area contributed by atoms with E-state index in [1.54, 1.807) is 0 Å². The van der Waals surface area contributed by atoms with E-state index in [2.05, 4.69) is 168 Å². The van der Waals surface area contributed by atoms with Gasteiger partial charge in [-0.3, -0.25) is 9.97 Å². The van der Waals surface area contributed by atoms with E-state index in [1.165, 1.54) is 32.7 Å². The van der Waals surface area contributed by atoms with Gasteiger partial charge in [0, 0.05) is 68.4 Å². The normalized spacial score (nSPS) is 11.7. The highest BCUT2D eigenvalue weighted by Gasteiger charge is 2.21. The zero-order valence-corrected chi connectivity index (χ0v) is 31.8. The molecule has 59 heavy (non-hydrogen) atoms. The summed E-state index contributed by atoms with van der Waals surface area (Å²) in [5.74, 6) is 0. The second kappa shape index (κ2) is 13.3. The highest BCUT2D eigenvalue weighted by molar-refractivity contribution is 6.26. The molecule has 4 nitrogen and oxygen atoms in total. The molecule has 0 radical (unpaired) electrons. The molecule has 0 saturated heterocycles. The molecule has 12 rings (SSSR count). The Bertz CT molecular complexity index is 3480. The van der Waals surface area contributed by atoms with Crippen molar-refractivity contribution in [3.63, 3.8) is 0 Å². The highest BCUT2D eigenvalue weighted by Crippen LogP contribution is 2.47. The molecule has 4 aromatic heterocycles. The first-order valence-electron chi connectivity index (χ1n) is 19.9. The first-order valence-corrected chi connectivity index (χ1v) is 19.9. The predicted octanol–water partition coefficient (Wildman–Crippen LogP) is 14.7. The van der Waals surface area contributed by atoms with Gasteiger partial charge >= 0.3 is 0 Å².